The van der Waals surface area contributed by atoms with Crippen molar-refractivity contribution >= 4 is 5.69 Å². The molecular weight excluding hydrogens is 282 g/mol. The summed E-state index contributed by atoms with van der Waals surface area (Å²) in [7, 11) is 0. The molecule has 0 aliphatic rings. The van der Waals surface area contributed by atoms with E-state index in [4.69, 9.17) is 4.74 Å². The molecule has 116 valence electrons. The summed E-state index contributed by atoms with van der Waals surface area (Å²) in [5, 5.41) is 21.1. The van der Waals surface area contributed by atoms with Crippen molar-refractivity contribution in [3.63, 3.8) is 0 Å². The highest BCUT2D eigenvalue weighted by Gasteiger charge is 2.14. The zero-order chi connectivity index (χ0) is 15.9. The largest absolute Gasteiger partial charge is 0.494 e. The van der Waals surface area contributed by atoms with Crippen molar-refractivity contribution in [2.45, 2.75) is 25.9 Å². The first-order chi connectivity index (χ1) is 10.6. The smallest absolute Gasteiger partial charge is 0.269 e. The van der Waals surface area contributed by atoms with Gasteiger partial charge in [0.1, 0.15) is 11.9 Å². The first kappa shape index (κ1) is 16.0. The molecule has 5 nitrogen and oxygen atoms in total. The van der Waals surface area contributed by atoms with E-state index in [9.17, 15) is 15.2 Å². The Morgan fingerprint density at radius 3 is 2.55 bits per heavy atom. The highest BCUT2D eigenvalue weighted by atomic mass is 16.6. The van der Waals surface area contributed by atoms with E-state index in [0.717, 1.165) is 18.6 Å². The zero-order valence-corrected chi connectivity index (χ0v) is 12.4. The molecule has 2 aromatic carbocycles. The second-order valence-corrected chi connectivity index (χ2v) is 5.03. The number of aliphatic hydroxyl groups excluding tert-OH is 1. The number of ether oxygens (including phenoxy) is 1. The molecule has 0 fully saturated rings. The molecule has 0 aromatic heterocycles. The molecule has 0 radical (unpaired) electrons. The summed E-state index contributed by atoms with van der Waals surface area (Å²) in [6, 6.07) is 13.2. The SMILES string of the molecule is CCCCOc1ccc(C(O)c2cccc([N+](=O)[O-])c2)cc1. The molecule has 5 heteroatoms. The van der Waals surface area contributed by atoms with Gasteiger partial charge in [-0.25, -0.2) is 0 Å². The van der Waals surface area contributed by atoms with Gasteiger partial charge >= 0.3 is 0 Å². The molecule has 1 N–H and O–H groups in total. The number of benzene rings is 2. The third-order valence-corrected chi connectivity index (χ3v) is 3.36. The van der Waals surface area contributed by atoms with Gasteiger partial charge in [-0.3, -0.25) is 10.1 Å². The quantitative estimate of drug-likeness (QED) is 0.479. The lowest BCUT2D eigenvalue weighted by Gasteiger charge is -2.12. The number of hydrogen-bond donors (Lipinski definition) is 1. The minimum absolute atomic E-state index is 0.0314. The molecule has 0 saturated heterocycles. The van der Waals surface area contributed by atoms with Crippen LogP contribution < -0.4 is 4.74 Å². The Balaban J connectivity index is 2.10. The standard InChI is InChI=1S/C17H19NO4/c1-2-3-11-22-16-9-7-13(8-10-16)17(19)14-5-4-6-15(12-14)18(20)21/h4-10,12,17,19H,2-3,11H2,1H3. The molecule has 2 aromatic rings. The van der Waals surface area contributed by atoms with E-state index >= 15 is 0 Å². The lowest BCUT2D eigenvalue weighted by Crippen LogP contribution is -2.01. The summed E-state index contributed by atoms with van der Waals surface area (Å²) in [6.45, 7) is 2.77. The molecule has 1 unspecified atom stereocenters. The summed E-state index contributed by atoms with van der Waals surface area (Å²) in [6.07, 6.45) is 1.17. The van der Waals surface area contributed by atoms with E-state index in [1.54, 1.807) is 36.4 Å². The number of nitrogens with zero attached hydrogens (tertiary/aromatic N) is 1. The maximum Gasteiger partial charge on any atom is 0.269 e. The van der Waals surface area contributed by atoms with Crippen LogP contribution in [-0.4, -0.2) is 16.6 Å². The fraction of sp³-hybridized carbons (Fsp3) is 0.294. The monoisotopic (exact) mass is 301 g/mol. The van der Waals surface area contributed by atoms with Gasteiger partial charge in [-0.05, 0) is 29.7 Å². The van der Waals surface area contributed by atoms with Gasteiger partial charge in [0.25, 0.3) is 5.69 Å². The second-order valence-electron chi connectivity index (χ2n) is 5.03. The van der Waals surface area contributed by atoms with Crippen molar-refractivity contribution in [3.8, 4) is 5.75 Å². The Kier molecular flexibility index (Phi) is 5.49. The summed E-state index contributed by atoms with van der Waals surface area (Å²) >= 11 is 0. The molecule has 0 bridgehead atoms. The first-order valence-corrected chi connectivity index (χ1v) is 7.27. The van der Waals surface area contributed by atoms with E-state index in [1.807, 2.05) is 0 Å². The van der Waals surface area contributed by atoms with Crippen LogP contribution in [0.4, 0.5) is 5.69 Å². The molecule has 22 heavy (non-hydrogen) atoms. The van der Waals surface area contributed by atoms with Crippen molar-refractivity contribution < 1.29 is 14.8 Å². The van der Waals surface area contributed by atoms with Crippen LogP contribution in [0.1, 0.15) is 37.0 Å². The maximum atomic E-state index is 10.8. The van der Waals surface area contributed by atoms with Gasteiger partial charge in [-0.1, -0.05) is 37.6 Å². The summed E-state index contributed by atoms with van der Waals surface area (Å²) in [4.78, 5) is 10.3. The minimum atomic E-state index is -0.899. The summed E-state index contributed by atoms with van der Waals surface area (Å²) in [5.74, 6) is 0.753. The molecule has 0 saturated carbocycles. The van der Waals surface area contributed by atoms with Crippen LogP contribution >= 0.6 is 0 Å². The van der Waals surface area contributed by atoms with Gasteiger partial charge < -0.3 is 9.84 Å². The van der Waals surface area contributed by atoms with E-state index in [1.165, 1.54) is 12.1 Å². The Labute approximate surface area is 129 Å². The van der Waals surface area contributed by atoms with Crippen molar-refractivity contribution in [2.75, 3.05) is 6.61 Å². The van der Waals surface area contributed by atoms with Crippen LogP contribution in [0, 0.1) is 10.1 Å². The van der Waals surface area contributed by atoms with Crippen LogP contribution in [0.5, 0.6) is 5.75 Å². The van der Waals surface area contributed by atoms with Crippen molar-refractivity contribution in [3.05, 3.63) is 69.8 Å². The second kappa shape index (κ2) is 7.56. The third kappa shape index (κ3) is 4.05. The third-order valence-electron chi connectivity index (χ3n) is 3.36. The maximum absolute atomic E-state index is 10.8. The number of hydrogen-bond acceptors (Lipinski definition) is 4. The van der Waals surface area contributed by atoms with E-state index in [2.05, 4.69) is 6.92 Å². The summed E-state index contributed by atoms with van der Waals surface area (Å²) in [5.41, 5.74) is 1.13. The topological polar surface area (TPSA) is 72.6 Å². The van der Waals surface area contributed by atoms with Crippen LogP contribution in [0.25, 0.3) is 0 Å². The van der Waals surface area contributed by atoms with Gasteiger partial charge in [0.2, 0.25) is 0 Å². The number of non-ortho nitro benzene ring substituents is 1. The van der Waals surface area contributed by atoms with E-state index < -0.39 is 11.0 Å². The molecule has 0 aliphatic heterocycles. The summed E-state index contributed by atoms with van der Waals surface area (Å²) < 4.78 is 5.57. The lowest BCUT2D eigenvalue weighted by atomic mass is 10.0. The molecule has 0 heterocycles. The minimum Gasteiger partial charge on any atom is -0.494 e. The van der Waals surface area contributed by atoms with Crippen LogP contribution in [0.2, 0.25) is 0 Å². The van der Waals surface area contributed by atoms with Crippen molar-refractivity contribution in [2.24, 2.45) is 0 Å². The zero-order valence-electron chi connectivity index (χ0n) is 12.4. The Morgan fingerprint density at radius 1 is 1.18 bits per heavy atom. The van der Waals surface area contributed by atoms with E-state index in [-0.39, 0.29) is 5.69 Å². The van der Waals surface area contributed by atoms with Crippen molar-refractivity contribution in [1.29, 1.82) is 0 Å². The Bertz CT molecular complexity index is 625. The average Bonchev–Trinajstić information content (AvgIpc) is 2.55. The Morgan fingerprint density at radius 2 is 1.91 bits per heavy atom. The van der Waals surface area contributed by atoms with E-state index in [0.29, 0.717) is 17.7 Å². The molecular formula is C17H19NO4. The normalized spacial score (nSPS) is 11.9. The predicted molar refractivity (Wildman–Crippen MR) is 84.0 cm³/mol. The fourth-order valence-corrected chi connectivity index (χ4v) is 2.08. The highest BCUT2D eigenvalue weighted by Crippen LogP contribution is 2.26. The molecule has 0 aliphatic carbocycles. The van der Waals surface area contributed by atoms with Gasteiger partial charge in [-0.15, -0.1) is 0 Å². The van der Waals surface area contributed by atoms with Gasteiger partial charge in [-0.2, -0.15) is 0 Å². The average molecular weight is 301 g/mol. The number of nitro groups is 1. The highest BCUT2D eigenvalue weighted by molar-refractivity contribution is 5.40. The first-order valence-electron chi connectivity index (χ1n) is 7.27. The van der Waals surface area contributed by atoms with Gasteiger partial charge in [0.05, 0.1) is 11.5 Å². The Hall–Kier alpha value is -2.40. The molecule has 0 amide bonds. The van der Waals surface area contributed by atoms with Crippen molar-refractivity contribution in [1.82, 2.24) is 0 Å². The van der Waals surface area contributed by atoms with Gasteiger partial charge in [0, 0.05) is 12.1 Å². The predicted octanol–water partition coefficient (Wildman–Crippen LogP) is 3.86. The molecule has 2 rings (SSSR count). The number of unbranched alkanes of at least 4 members (excludes halogenated alkanes) is 1. The van der Waals surface area contributed by atoms with Crippen LogP contribution in [0.15, 0.2) is 48.5 Å². The van der Waals surface area contributed by atoms with Gasteiger partial charge in [0.15, 0.2) is 0 Å². The number of nitro benzene ring substituents is 1. The molecule has 0 spiro atoms. The number of aliphatic hydroxyl groups is 1. The van der Waals surface area contributed by atoms with Crippen LogP contribution in [0.3, 0.4) is 0 Å². The lowest BCUT2D eigenvalue weighted by molar-refractivity contribution is -0.385. The van der Waals surface area contributed by atoms with Crippen LogP contribution in [-0.2, 0) is 0 Å². The molecule has 1 atom stereocenters. The fourth-order valence-electron chi connectivity index (χ4n) is 2.08. The number of rotatable bonds is 7.